The number of Topliss-reactive ketones (excluding diaryl/α,β-unsaturated/α-hetero) is 2. The summed E-state index contributed by atoms with van der Waals surface area (Å²) in [7, 11) is 0. The van der Waals surface area contributed by atoms with E-state index in [1.165, 1.54) is 0 Å². The van der Waals surface area contributed by atoms with E-state index in [0.29, 0.717) is 11.3 Å². The van der Waals surface area contributed by atoms with Gasteiger partial charge in [0, 0.05) is 19.2 Å². The third kappa shape index (κ3) is 2.82. The van der Waals surface area contributed by atoms with Gasteiger partial charge >= 0.3 is 0 Å². The second-order valence-corrected chi connectivity index (χ2v) is 10.7. The summed E-state index contributed by atoms with van der Waals surface area (Å²) in [5.41, 5.74) is -0.593. The molecule has 3 aliphatic rings. The number of hydrogen-bond acceptors (Lipinski definition) is 5. The van der Waals surface area contributed by atoms with E-state index in [1.54, 1.807) is 72.8 Å². The van der Waals surface area contributed by atoms with Crippen LogP contribution in [0.4, 0.5) is 5.69 Å². The van der Waals surface area contributed by atoms with Gasteiger partial charge < -0.3 is 4.74 Å². The minimum Gasteiger partial charge on any atom is -0.349 e. The fourth-order valence-corrected chi connectivity index (χ4v) is 5.94. The number of amides is 2. The first-order chi connectivity index (χ1) is 16.3. The van der Waals surface area contributed by atoms with Gasteiger partial charge in [0.2, 0.25) is 29.0 Å². The van der Waals surface area contributed by atoms with Crippen LogP contribution < -0.4 is 4.90 Å². The number of imide groups is 1. The molecular formula is C26H15BrINO5. The minimum absolute atomic E-state index is 0.218. The smallest absolute Gasteiger partial charge is 0.241 e. The van der Waals surface area contributed by atoms with Crippen molar-refractivity contribution in [1.82, 2.24) is 0 Å². The van der Waals surface area contributed by atoms with Crippen molar-refractivity contribution in [2.45, 2.75) is 11.7 Å². The van der Waals surface area contributed by atoms with Crippen LogP contribution in [0.25, 0.3) is 0 Å². The van der Waals surface area contributed by atoms with Gasteiger partial charge in [-0.1, -0.05) is 52.3 Å². The summed E-state index contributed by atoms with van der Waals surface area (Å²) in [4.78, 5) is 56.1. The van der Waals surface area contributed by atoms with Crippen molar-refractivity contribution in [3.63, 3.8) is 0 Å². The predicted octanol–water partition coefficient (Wildman–Crippen LogP) is 4.75. The number of anilines is 1. The third-order valence-electron chi connectivity index (χ3n) is 6.80. The van der Waals surface area contributed by atoms with Crippen molar-refractivity contribution in [2.24, 2.45) is 11.8 Å². The summed E-state index contributed by atoms with van der Waals surface area (Å²) in [6, 6.07) is 20.6. The fourth-order valence-electron chi connectivity index (χ4n) is 5.32. The lowest BCUT2D eigenvalue weighted by Gasteiger charge is -2.27. The highest BCUT2D eigenvalue weighted by molar-refractivity contribution is 14.1. The molecule has 0 bridgehead atoms. The molecule has 6 nitrogen and oxygen atoms in total. The van der Waals surface area contributed by atoms with Crippen molar-refractivity contribution in [3.8, 4) is 0 Å². The molecule has 3 atom stereocenters. The van der Waals surface area contributed by atoms with E-state index < -0.39 is 46.9 Å². The average molecular weight is 628 g/mol. The van der Waals surface area contributed by atoms with Gasteiger partial charge in [-0.25, -0.2) is 4.90 Å². The van der Waals surface area contributed by atoms with E-state index in [0.717, 1.165) is 12.9 Å². The van der Waals surface area contributed by atoms with Gasteiger partial charge in [-0.3, -0.25) is 19.2 Å². The summed E-state index contributed by atoms with van der Waals surface area (Å²) >= 11 is 5.54. The second kappa shape index (κ2) is 7.66. The molecule has 3 aromatic carbocycles. The SMILES string of the molecule is O=C1[C@@H]2[C@H](c3ccc(Br)cc3)OC3(C(=O)c4ccccc4C3=O)[C@H]2C(=O)N1c1ccc(I)cc1. The Balaban J connectivity index is 1.54. The molecule has 0 aromatic heterocycles. The van der Waals surface area contributed by atoms with E-state index in [1.807, 2.05) is 0 Å². The molecule has 2 amide bonds. The minimum atomic E-state index is -2.06. The average Bonchev–Trinajstić information content (AvgIpc) is 3.40. The van der Waals surface area contributed by atoms with Gasteiger partial charge in [0.1, 0.15) is 0 Å². The largest absolute Gasteiger partial charge is 0.349 e. The number of carbonyl (C=O) groups is 4. The highest BCUT2D eigenvalue weighted by atomic mass is 127. The van der Waals surface area contributed by atoms with Crippen LogP contribution in [0.5, 0.6) is 0 Å². The van der Waals surface area contributed by atoms with Gasteiger partial charge in [0.15, 0.2) is 0 Å². The number of halogens is 2. The summed E-state index contributed by atoms with van der Waals surface area (Å²) in [5, 5.41) is 0. The van der Waals surface area contributed by atoms with Gasteiger partial charge in [0.25, 0.3) is 0 Å². The number of ketones is 2. The topological polar surface area (TPSA) is 80.8 Å². The second-order valence-electron chi connectivity index (χ2n) is 8.52. The number of rotatable bonds is 2. The molecule has 168 valence electrons. The van der Waals surface area contributed by atoms with Crippen LogP contribution in [-0.2, 0) is 14.3 Å². The lowest BCUT2D eigenvalue weighted by Crippen LogP contribution is -2.51. The normalized spacial score (nSPS) is 24.8. The molecular weight excluding hydrogens is 613 g/mol. The number of benzene rings is 3. The van der Waals surface area contributed by atoms with Gasteiger partial charge in [-0.2, -0.15) is 0 Å². The summed E-state index contributed by atoms with van der Waals surface area (Å²) in [6.45, 7) is 0. The lowest BCUT2D eigenvalue weighted by molar-refractivity contribution is -0.127. The highest BCUT2D eigenvalue weighted by Crippen LogP contribution is 2.57. The molecule has 2 fully saturated rings. The Bertz CT molecular complexity index is 1370. The van der Waals surface area contributed by atoms with Crippen molar-refractivity contribution in [1.29, 1.82) is 0 Å². The van der Waals surface area contributed by atoms with Crippen LogP contribution in [0.3, 0.4) is 0 Å². The standard InChI is InChI=1S/C26H15BrINO5/c27-14-7-5-13(6-8-14)21-19-20(25(33)29(24(19)32)16-11-9-15(28)10-12-16)26(34-21)22(30)17-3-1-2-4-18(17)23(26)31/h1-12,19-21H/t19-,20+,21-/m0/s1. The van der Waals surface area contributed by atoms with Crippen molar-refractivity contribution >= 4 is 67.6 Å². The van der Waals surface area contributed by atoms with Gasteiger partial charge in [-0.05, 0) is 64.6 Å². The Morgan fingerprint density at radius 2 is 1.38 bits per heavy atom. The Labute approximate surface area is 216 Å². The van der Waals surface area contributed by atoms with E-state index in [4.69, 9.17) is 4.74 Å². The molecule has 1 spiro atoms. The number of fused-ring (bicyclic) bond motifs is 3. The zero-order chi connectivity index (χ0) is 23.8. The maximum absolute atomic E-state index is 13.8. The van der Waals surface area contributed by atoms with E-state index >= 15 is 0 Å². The molecule has 0 saturated carbocycles. The Hall–Kier alpha value is -2.69. The van der Waals surface area contributed by atoms with Crippen molar-refractivity contribution in [3.05, 3.63) is 97.5 Å². The van der Waals surface area contributed by atoms with Crippen LogP contribution in [0.1, 0.15) is 32.4 Å². The molecule has 2 saturated heterocycles. The molecule has 0 radical (unpaired) electrons. The molecule has 1 aliphatic carbocycles. The highest BCUT2D eigenvalue weighted by Gasteiger charge is 2.74. The van der Waals surface area contributed by atoms with E-state index in [2.05, 4.69) is 38.5 Å². The molecule has 6 rings (SSSR count). The summed E-state index contributed by atoms with van der Waals surface area (Å²) < 4.78 is 8.05. The van der Waals surface area contributed by atoms with E-state index in [-0.39, 0.29) is 11.1 Å². The van der Waals surface area contributed by atoms with Crippen LogP contribution in [-0.4, -0.2) is 29.0 Å². The first-order valence-corrected chi connectivity index (χ1v) is 12.5. The van der Waals surface area contributed by atoms with Crippen LogP contribution in [0.15, 0.2) is 77.3 Å². The number of nitrogens with zero attached hydrogens (tertiary/aromatic N) is 1. The fraction of sp³-hybridized carbons (Fsp3) is 0.154. The third-order valence-corrected chi connectivity index (χ3v) is 8.05. The zero-order valence-electron chi connectivity index (χ0n) is 17.4. The Morgan fingerprint density at radius 3 is 1.97 bits per heavy atom. The summed E-state index contributed by atoms with van der Waals surface area (Å²) in [5.74, 6) is -4.44. The first-order valence-electron chi connectivity index (χ1n) is 10.6. The number of ether oxygens (including phenoxy) is 1. The number of hydrogen-bond donors (Lipinski definition) is 0. The maximum Gasteiger partial charge on any atom is 0.241 e. The Morgan fingerprint density at radius 1 is 0.794 bits per heavy atom. The molecule has 3 aromatic rings. The van der Waals surface area contributed by atoms with Gasteiger partial charge in [-0.15, -0.1) is 0 Å². The maximum atomic E-state index is 13.8. The molecule has 0 unspecified atom stereocenters. The molecule has 34 heavy (non-hydrogen) atoms. The monoisotopic (exact) mass is 627 g/mol. The number of carbonyl (C=O) groups excluding carboxylic acids is 4. The predicted molar refractivity (Wildman–Crippen MR) is 134 cm³/mol. The lowest BCUT2D eigenvalue weighted by atomic mass is 9.77. The summed E-state index contributed by atoms with van der Waals surface area (Å²) in [6.07, 6.45) is -0.925. The molecule has 2 aliphatic heterocycles. The quantitative estimate of drug-likeness (QED) is 0.233. The van der Waals surface area contributed by atoms with Crippen molar-refractivity contribution in [2.75, 3.05) is 4.90 Å². The van der Waals surface area contributed by atoms with E-state index in [9.17, 15) is 19.2 Å². The zero-order valence-corrected chi connectivity index (χ0v) is 21.1. The molecule has 8 heteroatoms. The molecule has 0 N–H and O–H groups in total. The van der Waals surface area contributed by atoms with Crippen LogP contribution in [0.2, 0.25) is 0 Å². The van der Waals surface area contributed by atoms with Crippen LogP contribution >= 0.6 is 38.5 Å². The van der Waals surface area contributed by atoms with Crippen molar-refractivity contribution < 1.29 is 23.9 Å². The Kier molecular flexibility index (Phi) is 4.91. The molecule has 2 heterocycles. The first kappa shape index (κ1) is 21.8. The van der Waals surface area contributed by atoms with Crippen LogP contribution in [0, 0.1) is 15.4 Å². The van der Waals surface area contributed by atoms with Gasteiger partial charge in [0.05, 0.1) is 23.6 Å².